The van der Waals surface area contributed by atoms with Crippen molar-refractivity contribution in [2.45, 2.75) is 13.8 Å². The summed E-state index contributed by atoms with van der Waals surface area (Å²) in [4.78, 5) is 18.0. The van der Waals surface area contributed by atoms with Gasteiger partial charge in [-0.05, 0) is 64.3 Å². The van der Waals surface area contributed by atoms with Gasteiger partial charge in [-0.3, -0.25) is 9.59 Å². The van der Waals surface area contributed by atoms with Crippen LogP contribution in [0.15, 0.2) is 243 Å². The van der Waals surface area contributed by atoms with Crippen LogP contribution in [0.2, 0.25) is 0 Å². The Balaban J connectivity index is 0.000000180. The third-order valence-electron chi connectivity index (χ3n) is 11.9. The molecule has 0 heterocycles. The maximum atomic E-state index is 9.00. The molecule has 0 saturated heterocycles. The van der Waals surface area contributed by atoms with Gasteiger partial charge in [0.25, 0.3) is 11.9 Å². The first kappa shape index (κ1) is 53.1. The summed E-state index contributed by atoms with van der Waals surface area (Å²) in [5, 5.41) is 38.6. The van der Waals surface area contributed by atoms with Gasteiger partial charge in [-0.25, -0.2) is 0 Å². The third-order valence-corrected chi connectivity index (χ3v) is 17.1. The summed E-state index contributed by atoms with van der Waals surface area (Å²) in [6.45, 7) is 2.17. The molecule has 0 fully saturated rings. The Kier molecular flexibility index (Phi) is 18.5. The molecule has 0 saturated carbocycles. The van der Waals surface area contributed by atoms with E-state index in [2.05, 4.69) is 243 Å². The second-order valence-electron chi connectivity index (χ2n) is 16.5. The Morgan fingerprint density at radius 3 is 0.792 bits per heavy atom. The van der Waals surface area contributed by atoms with Gasteiger partial charge in [0.2, 0.25) is 0 Å². The molecule has 8 heteroatoms. The molecule has 0 spiro atoms. The van der Waals surface area contributed by atoms with Crippen LogP contribution in [0, 0.1) is 12.1 Å². The fourth-order valence-electron chi connectivity index (χ4n) is 9.04. The van der Waals surface area contributed by atoms with E-state index >= 15 is 0 Å². The summed E-state index contributed by atoms with van der Waals surface area (Å²) in [6, 6.07) is 95.0. The van der Waals surface area contributed by atoms with E-state index in [1.165, 1.54) is 96.5 Å². The molecule has 0 radical (unpaired) electrons. The molecule has 12 aromatic rings. The zero-order chi connectivity index (χ0) is 48.4. The number of carboxylic acid groups (broad SMARTS) is 2. The van der Waals surface area contributed by atoms with Gasteiger partial charge in [0.05, 0.1) is 0 Å². The molecule has 0 aliphatic heterocycles. The molecule has 0 aliphatic carbocycles. The first-order chi connectivity index (χ1) is 34.3. The average molecular weight is 1160 g/mol. The van der Waals surface area contributed by atoms with Gasteiger partial charge in [-0.1, -0.05) is 233 Å². The summed E-state index contributed by atoms with van der Waals surface area (Å²) in [7, 11) is -1.55. The third kappa shape index (κ3) is 12.0. The van der Waals surface area contributed by atoms with E-state index in [1.807, 2.05) is 12.1 Å². The van der Waals surface area contributed by atoms with Crippen LogP contribution in [0.1, 0.15) is 13.8 Å². The molecule has 72 heavy (non-hydrogen) atoms. The van der Waals surface area contributed by atoms with Crippen molar-refractivity contribution in [3.63, 3.8) is 0 Å². The number of benzene rings is 12. The van der Waals surface area contributed by atoms with E-state index in [9.17, 15) is 0 Å². The van der Waals surface area contributed by atoms with Crippen LogP contribution in [0.5, 0.6) is 0 Å². The van der Waals surface area contributed by atoms with Crippen LogP contribution < -0.4 is 31.8 Å². The maximum Gasteiger partial charge on any atom is 0.300 e. The molecule has 12 rings (SSSR count). The van der Waals surface area contributed by atoms with E-state index in [4.69, 9.17) is 19.8 Å². The van der Waals surface area contributed by atoms with Crippen molar-refractivity contribution in [1.29, 1.82) is 0 Å². The Labute approximate surface area is 450 Å². The number of hydrogen-bond acceptors (Lipinski definition) is 2. The molecule has 4 nitrogen and oxygen atoms in total. The molecular formula is C64H48O4P2Pd2-2. The normalized spacial score (nSPS) is 10.6. The molecule has 0 aliphatic rings. The van der Waals surface area contributed by atoms with E-state index in [1.54, 1.807) is 0 Å². The van der Waals surface area contributed by atoms with E-state index in [0.29, 0.717) is 0 Å². The van der Waals surface area contributed by atoms with Crippen molar-refractivity contribution >= 4 is 124 Å². The Hall–Kier alpha value is -6.68. The predicted molar refractivity (Wildman–Crippen MR) is 300 cm³/mol. The molecule has 0 aromatic heterocycles. The molecule has 2 N–H and O–H groups in total. The van der Waals surface area contributed by atoms with Gasteiger partial charge < -0.3 is 10.2 Å². The second-order valence-corrected chi connectivity index (χ2v) is 20.8. The largest absolute Gasteiger partial charge is 0.481 e. The van der Waals surface area contributed by atoms with Crippen molar-refractivity contribution in [3.05, 3.63) is 255 Å². The van der Waals surface area contributed by atoms with Crippen LogP contribution in [-0.4, -0.2) is 22.2 Å². The van der Waals surface area contributed by atoms with E-state index in [-0.39, 0.29) is 40.8 Å². The van der Waals surface area contributed by atoms with Gasteiger partial charge in [0, 0.05) is 54.7 Å². The zero-order valence-corrected chi connectivity index (χ0v) is 44.2. The van der Waals surface area contributed by atoms with Crippen molar-refractivity contribution in [3.8, 4) is 0 Å². The van der Waals surface area contributed by atoms with Crippen LogP contribution in [0.3, 0.4) is 0 Å². The molecule has 0 unspecified atom stereocenters. The summed E-state index contributed by atoms with van der Waals surface area (Å²) < 4.78 is 0. The monoisotopic (exact) mass is 1150 g/mol. The fourth-order valence-corrected chi connectivity index (χ4v) is 14.6. The number of rotatable bonds is 6. The average Bonchev–Trinajstić information content (AvgIpc) is 3.39. The van der Waals surface area contributed by atoms with Crippen molar-refractivity contribution in [2.24, 2.45) is 0 Å². The zero-order valence-electron chi connectivity index (χ0n) is 39.3. The topological polar surface area (TPSA) is 74.6 Å². The quantitative estimate of drug-likeness (QED) is 0.0988. The van der Waals surface area contributed by atoms with Gasteiger partial charge in [0.1, 0.15) is 0 Å². The maximum absolute atomic E-state index is 9.00. The van der Waals surface area contributed by atoms with Gasteiger partial charge in [-0.15, -0.1) is 70.1 Å². The smallest absolute Gasteiger partial charge is 0.300 e. The van der Waals surface area contributed by atoms with E-state index in [0.717, 1.165) is 13.8 Å². The molecule has 12 aromatic carbocycles. The number of fused-ring (bicyclic) bond motifs is 6. The summed E-state index contributed by atoms with van der Waals surface area (Å²) in [5.74, 6) is -1.67. The number of aliphatic carboxylic acids is 2. The van der Waals surface area contributed by atoms with Crippen molar-refractivity contribution in [1.82, 2.24) is 0 Å². The Bertz CT molecular complexity index is 3160. The minimum Gasteiger partial charge on any atom is -0.481 e. The Morgan fingerprint density at radius 2 is 0.514 bits per heavy atom. The van der Waals surface area contributed by atoms with Crippen LogP contribution in [-0.2, 0) is 50.4 Å². The predicted octanol–water partition coefficient (Wildman–Crippen LogP) is 13.6. The molecule has 0 amide bonds. The second kappa shape index (κ2) is 25.1. The van der Waals surface area contributed by atoms with Crippen LogP contribution in [0.4, 0.5) is 0 Å². The van der Waals surface area contributed by atoms with Gasteiger partial charge in [-0.2, -0.15) is 0 Å². The van der Waals surface area contributed by atoms with E-state index < -0.39 is 27.8 Å². The first-order valence-corrected chi connectivity index (χ1v) is 25.6. The first-order valence-electron chi connectivity index (χ1n) is 23.0. The SMILES string of the molecule is CC(=O)O.CC(=O)O.[Pd].[Pd].[c-]1cccc2cccc(P(c3cccc4ccccc34)c3cccc4ccccc34)c12.[c-]1cccc2cccc(P(c3cccc4ccccc34)c3cccc4ccccc34)c12. The van der Waals surface area contributed by atoms with Crippen molar-refractivity contribution in [2.75, 3.05) is 0 Å². The summed E-state index contributed by atoms with van der Waals surface area (Å²) in [5.41, 5.74) is 0. The molecule has 360 valence electrons. The molecule has 0 atom stereocenters. The van der Waals surface area contributed by atoms with Crippen molar-refractivity contribution < 1.29 is 60.6 Å². The van der Waals surface area contributed by atoms with Crippen LogP contribution in [0.25, 0.3) is 64.6 Å². The fraction of sp³-hybridized carbons (Fsp3) is 0.0312. The molecular weight excluding hydrogens is 1110 g/mol. The van der Waals surface area contributed by atoms with Gasteiger partial charge in [0.15, 0.2) is 0 Å². The summed E-state index contributed by atoms with van der Waals surface area (Å²) >= 11 is 0. The number of carbonyl (C=O) groups is 2. The van der Waals surface area contributed by atoms with Crippen LogP contribution >= 0.6 is 15.8 Å². The number of carboxylic acids is 2. The minimum atomic E-state index is -0.833. The van der Waals surface area contributed by atoms with Gasteiger partial charge >= 0.3 is 0 Å². The number of hydrogen-bond donors (Lipinski definition) is 2. The minimum absolute atomic E-state index is 0. The molecule has 0 bridgehead atoms. The summed E-state index contributed by atoms with van der Waals surface area (Å²) in [6.07, 6.45) is 0. The standard InChI is InChI=1S/2C30H20P.2C2H4O2.2Pd/c2*1-4-16-25-22(10-1)13-7-19-28(25)31(29-20-8-14-23-11-2-5-17-26(23)29)30-21-9-15-24-12-3-6-18-27(24)30;2*1-2(3)4;;/h2*1-17,19-21H;2*1H3,(H,3,4);;/q2*-1;;;;. The Morgan fingerprint density at radius 1 is 0.306 bits per heavy atom.